The van der Waals surface area contributed by atoms with Crippen molar-refractivity contribution in [3.8, 4) is 5.69 Å². The summed E-state index contributed by atoms with van der Waals surface area (Å²) in [4.78, 5) is 23.7. The molecule has 0 unspecified atom stereocenters. The maximum absolute atomic E-state index is 11.9. The standard InChI is InChI=1S/C13H13ClN2O2/c1-3-15-6-7-16(13(18)12(15)17)10-4-5-11(14)9(2)8-10/h4-8H,3H2,1-2H3. The van der Waals surface area contributed by atoms with Gasteiger partial charge in [0.2, 0.25) is 0 Å². The van der Waals surface area contributed by atoms with Crippen molar-refractivity contribution in [1.29, 1.82) is 0 Å². The van der Waals surface area contributed by atoms with E-state index >= 15 is 0 Å². The Balaban J connectivity index is 2.65. The van der Waals surface area contributed by atoms with Crippen LogP contribution in [-0.4, -0.2) is 9.13 Å². The number of halogens is 1. The summed E-state index contributed by atoms with van der Waals surface area (Å²) in [7, 11) is 0. The van der Waals surface area contributed by atoms with Gasteiger partial charge in [-0.25, -0.2) is 0 Å². The summed E-state index contributed by atoms with van der Waals surface area (Å²) in [5.41, 5.74) is 0.427. The Morgan fingerprint density at radius 3 is 2.50 bits per heavy atom. The first-order valence-corrected chi connectivity index (χ1v) is 6.01. The van der Waals surface area contributed by atoms with Crippen LogP contribution in [0.5, 0.6) is 0 Å². The summed E-state index contributed by atoms with van der Waals surface area (Å²) in [5.74, 6) is 0. The van der Waals surface area contributed by atoms with E-state index in [1.165, 1.54) is 9.13 Å². The zero-order chi connectivity index (χ0) is 13.3. The highest BCUT2D eigenvalue weighted by Crippen LogP contribution is 2.17. The molecule has 0 aliphatic heterocycles. The smallest absolute Gasteiger partial charge is 0.310 e. The van der Waals surface area contributed by atoms with Gasteiger partial charge in [0.05, 0.1) is 0 Å². The van der Waals surface area contributed by atoms with Gasteiger partial charge in [-0.15, -0.1) is 0 Å². The molecule has 0 aliphatic rings. The van der Waals surface area contributed by atoms with Crippen molar-refractivity contribution in [3.05, 3.63) is 61.9 Å². The molecule has 18 heavy (non-hydrogen) atoms. The molecule has 5 heteroatoms. The van der Waals surface area contributed by atoms with Gasteiger partial charge in [0.1, 0.15) is 0 Å². The molecule has 0 aliphatic carbocycles. The molecule has 4 nitrogen and oxygen atoms in total. The van der Waals surface area contributed by atoms with E-state index in [1.807, 2.05) is 13.8 Å². The van der Waals surface area contributed by atoms with Crippen LogP contribution in [0.1, 0.15) is 12.5 Å². The average Bonchev–Trinajstić information content (AvgIpc) is 2.36. The van der Waals surface area contributed by atoms with E-state index in [4.69, 9.17) is 11.6 Å². The summed E-state index contributed by atoms with van der Waals surface area (Å²) in [5, 5.41) is 0.633. The van der Waals surface area contributed by atoms with Crippen LogP contribution in [0, 0.1) is 6.92 Å². The zero-order valence-corrected chi connectivity index (χ0v) is 10.9. The van der Waals surface area contributed by atoms with Gasteiger partial charge < -0.3 is 4.57 Å². The minimum Gasteiger partial charge on any atom is -0.310 e. The number of hydrogen-bond donors (Lipinski definition) is 0. The molecule has 0 spiro atoms. The van der Waals surface area contributed by atoms with E-state index in [0.29, 0.717) is 17.3 Å². The number of nitrogens with zero attached hydrogens (tertiary/aromatic N) is 2. The van der Waals surface area contributed by atoms with Gasteiger partial charge in [-0.3, -0.25) is 14.2 Å². The summed E-state index contributed by atoms with van der Waals surface area (Å²) in [6, 6.07) is 5.20. The molecule has 0 fully saturated rings. The highest BCUT2D eigenvalue weighted by molar-refractivity contribution is 6.31. The van der Waals surface area contributed by atoms with Crippen molar-refractivity contribution >= 4 is 11.6 Å². The first kappa shape index (κ1) is 12.6. The van der Waals surface area contributed by atoms with Gasteiger partial charge in [-0.05, 0) is 37.6 Å². The van der Waals surface area contributed by atoms with E-state index in [2.05, 4.69) is 0 Å². The van der Waals surface area contributed by atoms with Crippen molar-refractivity contribution in [1.82, 2.24) is 9.13 Å². The summed E-state index contributed by atoms with van der Waals surface area (Å²) < 4.78 is 2.71. The lowest BCUT2D eigenvalue weighted by Gasteiger charge is -2.08. The summed E-state index contributed by atoms with van der Waals surface area (Å²) >= 11 is 5.93. The van der Waals surface area contributed by atoms with Gasteiger partial charge in [0, 0.05) is 29.6 Å². The number of hydrogen-bond acceptors (Lipinski definition) is 2. The second-order valence-corrected chi connectivity index (χ2v) is 4.41. The number of rotatable bonds is 2. The van der Waals surface area contributed by atoms with Gasteiger partial charge >= 0.3 is 11.1 Å². The number of aryl methyl sites for hydroxylation is 2. The fourth-order valence-electron chi connectivity index (χ4n) is 1.74. The predicted molar refractivity (Wildman–Crippen MR) is 71.7 cm³/mol. The monoisotopic (exact) mass is 264 g/mol. The first-order chi connectivity index (χ1) is 8.54. The fraction of sp³-hybridized carbons (Fsp3) is 0.231. The van der Waals surface area contributed by atoms with Crippen molar-refractivity contribution in [3.63, 3.8) is 0 Å². The molecular formula is C13H13ClN2O2. The van der Waals surface area contributed by atoms with E-state index in [0.717, 1.165) is 5.56 Å². The van der Waals surface area contributed by atoms with Crippen molar-refractivity contribution < 1.29 is 0 Å². The molecule has 0 atom stereocenters. The van der Waals surface area contributed by atoms with E-state index < -0.39 is 11.1 Å². The van der Waals surface area contributed by atoms with E-state index in [-0.39, 0.29) is 0 Å². The van der Waals surface area contributed by atoms with Crippen molar-refractivity contribution in [2.45, 2.75) is 20.4 Å². The van der Waals surface area contributed by atoms with Crippen LogP contribution in [0.4, 0.5) is 0 Å². The van der Waals surface area contributed by atoms with E-state index in [9.17, 15) is 9.59 Å². The third-order valence-corrected chi connectivity index (χ3v) is 3.24. The Morgan fingerprint density at radius 1 is 1.17 bits per heavy atom. The fourth-order valence-corrected chi connectivity index (χ4v) is 1.86. The van der Waals surface area contributed by atoms with Gasteiger partial charge in [0.15, 0.2) is 0 Å². The minimum absolute atomic E-state index is 0.481. The molecule has 0 N–H and O–H groups in total. The molecular weight excluding hydrogens is 252 g/mol. The van der Waals surface area contributed by atoms with Crippen LogP contribution < -0.4 is 11.1 Å². The largest absolute Gasteiger partial charge is 0.320 e. The molecule has 0 saturated carbocycles. The van der Waals surface area contributed by atoms with Gasteiger partial charge in [-0.2, -0.15) is 0 Å². The van der Waals surface area contributed by atoms with Gasteiger partial charge in [0.25, 0.3) is 0 Å². The molecule has 2 rings (SSSR count). The Labute approximate surface area is 109 Å². The highest BCUT2D eigenvalue weighted by Gasteiger charge is 2.06. The molecule has 0 amide bonds. The molecule has 0 bridgehead atoms. The summed E-state index contributed by atoms with van der Waals surface area (Å²) in [6.07, 6.45) is 3.20. The second kappa shape index (κ2) is 4.82. The maximum Gasteiger partial charge on any atom is 0.320 e. The summed E-state index contributed by atoms with van der Waals surface area (Å²) in [6.45, 7) is 4.15. The van der Waals surface area contributed by atoms with Crippen LogP contribution in [0.2, 0.25) is 5.02 Å². The lowest BCUT2D eigenvalue weighted by molar-refractivity contribution is 0.693. The van der Waals surface area contributed by atoms with Crippen molar-refractivity contribution in [2.75, 3.05) is 0 Å². The molecule has 1 aromatic heterocycles. The molecule has 1 heterocycles. The van der Waals surface area contributed by atoms with Crippen LogP contribution >= 0.6 is 11.6 Å². The van der Waals surface area contributed by atoms with Crippen LogP contribution in [0.15, 0.2) is 40.2 Å². The number of aromatic nitrogens is 2. The Morgan fingerprint density at radius 2 is 1.89 bits per heavy atom. The van der Waals surface area contributed by atoms with E-state index in [1.54, 1.807) is 30.6 Å². The predicted octanol–water partition coefficient (Wildman–Crippen LogP) is 1.98. The topological polar surface area (TPSA) is 44.0 Å². The quantitative estimate of drug-likeness (QED) is 0.779. The molecule has 1 aromatic carbocycles. The van der Waals surface area contributed by atoms with Gasteiger partial charge in [-0.1, -0.05) is 11.6 Å². The third kappa shape index (κ3) is 2.11. The lowest BCUT2D eigenvalue weighted by Crippen LogP contribution is -2.39. The molecule has 0 radical (unpaired) electrons. The molecule has 2 aromatic rings. The minimum atomic E-state index is -0.555. The normalized spacial score (nSPS) is 10.6. The highest BCUT2D eigenvalue weighted by atomic mass is 35.5. The second-order valence-electron chi connectivity index (χ2n) is 4.00. The molecule has 94 valence electrons. The Kier molecular flexibility index (Phi) is 3.39. The Hall–Kier alpha value is -1.81. The average molecular weight is 265 g/mol. The third-order valence-electron chi connectivity index (χ3n) is 2.82. The first-order valence-electron chi connectivity index (χ1n) is 5.63. The SMILES string of the molecule is CCn1ccn(-c2ccc(Cl)c(C)c2)c(=O)c1=O. The van der Waals surface area contributed by atoms with Crippen molar-refractivity contribution in [2.24, 2.45) is 0 Å². The number of benzene rings is 1. The molecule has 0 saturated heterocycles. The van der Waals surface area contributed by atoms with Crippen LogP contribution in [-0.2, 0) is 6.54 Å². The van der Waals surface area contributed by atoms with Crippen LogP contribution in [0.3, 0.4) is 0 Å². The lowest BCUT2D eigenvalue weighted by atomic mass is 10.2. The van der Waals surface area contributed by atoms with Crippen LogP contribution in [0.25, 0.3) is 5.69 Å². The Bertz CT molecular complexity index is 701. The maximum atomic E-state index is 11.9. The zero-order valence-electron chi connectivity index (χ0n) is 10.2.